The third-order valence-electron chi connectivity index (χ3n) is 14.4. The highest BCUT2D eigenvalue weighted by molar-refractivity contribution is 7.26. The van der Waals surface area contributed by atoms with Crippen molar-refractivity contribution in [2.24, 2.45) is 0 Å². The van der Waals surface area contributed by atoms with Gasteiger partial charge in [-0.25, -0.2) is 0 Å². The molecule has 0 N–H and O–H groups in total. The highest BCUT2D eigenvalue weighted by atomic mass is 32.1. The average molecular weight is 825 g/mol. The Morgan fingerprint density at radius 1 is 0.397 bits per heavy atom. The minimum absolute atomic E-state index is 0.108. The normalized spacial score (nSPS) is 14.3. The van der Waals surface area contributed by atoms with E-state index in [0.29, 0.717) is 0 Å². The highest BCUT2D eigenvalue weighted by Gasteiger charge is 2.37. The molecule has 0 atom stereocenters. The number of thiophene rings is 1. The van der Waals surface area contributed by atoms with Crippen molar-refractivity contribution in [2.75, 3.05) is 4.90 Å². The van der Waals surface area contributed by atoms with Crippen LogP contribution in [-0.4, -0.2) is 4.57 Å². The zero-order valence-electron chi connectivity index (χ0n) is 35.8. The smallest absolute Gasteiger partial charge is 0.0555 e. The van der Waals surface area contributed by atoms with Crippen LogP contribution in [0.5, 0.6) is 0 Å². The van der Waals surface area contributed by atoms with Gasteiger partial charge in [-0.05, 0) is 122 Å². The first-order chi connectivity index (χ1) is 30.8. The first-order valence-electron chi connectivity index (χ1n) is 22.1. The third kappa shape index (κ3) is 5.18. The lowest BCUT2D eigenvalue weighted by molar-refractivity contribution is 0.660. The van der Waals surface area contributed by atoms with Crippen molar-refractivity contribution < 1.29 is 0 Å². The molecule has 13 rings (SSSR count). The van der Waals surface area contributed by atoms with Gasteiger partial charge in [-0.1, -0.05) is 155 Å². The lowest BCUT2D eigenvalue weighted by Gasteiger charge is -2.30. The predicted molar refractivity (Wildman–Crippen MR) is 269 cm³/mol. The summed E-state index contributed by atoms with van der Waals surface area (Å²) in [5.41, 5.74) is 20.1. The summed E-state index contributed by atoms with van der Waals surface area (Å²) in [4.78, 5) is 2.47. The van der Waals surface area contributed by atoms with E-state index in [-0.39, 0.29) is 10.8 Å². The summed E-state index contributed by atoms with van der Waals surface area (Å²) in [6, 6.07) is 72.7. The van der Waals surface area contributed by atoms with Gasteiger partial charge in [0.15, 0.2) is 0 Å². The third-order valence-corrected chi connectivity index (χ3v) is 15.6. The van der Waals surface area contributed by atoms with Crippen molar-refractivity contribution in [3.8, 4) is 39.1 Å². The molecule has 63 heavy (non-hydrogen) atoms. The lowest BCUT2D eigenvalue weighted by atomic mass is 9.82. The number of fused-ring (bicyclic) bond motifs is 13. The molecule has 0 amide bonds. The van der Waals surface area contributed by atoms with Crippen molar-refractivity contribution in [1.29, 1.82) is 0 Å². The Morgan fingerprint density at radius 3 is 1.60 bits per heavy atom. The topological polar surface area (TPSA) is 8.17 Å². The minimum atomic E-state index is -0.108. The molecule has 9 aromatic carbocycles. The van der Waals surface area contributed by atoms with Gasteiger partial charge in [0, 0.05) is 64.5 Å². The molecule has 0 saturated carbocycles. The van der Waals surface area contributed by atoms with Gasteiger partial charge in [0.25, 0.3) is 0 Å². The van der Waals surface area contributed by atoms with Crippen LogP contribution in [0.15, 0.2) is 194 Å². The Kier molecular flexibility index (Phi) is 7.61. The first kappa shape index (κ1) is 36.5. The number of hydrogen-bond donors (Lipinski definition) is 0. The standard InChI is InChI=1S/C60H44N2S/c1-59(2)50-19-11-8-16-43(50)45-30-27-41(35-52(45)59)61(42-28-31-46-44-17-9-12-20-51(44)60(3,4)53(46)36-42)40-25-22-37(23-26-40)38-24-29-49-55(34-38)62(39-14-6-5-7-15-39)54-33-32-48-47-18-10-13-21-56(47)63-58(48)57(49)54/h5-36H,1-4H3. The second kappa shape index (κ2) is 13.2. The van der Waals surface area contributed by atoms with E-state index in [1.165, 1.54) is 103 Å². The van der Waals surface area contributed by atoms with Gasteiger partial charge in [-0.15, -0.1) is 11.3 Å². The summed E-state index contributed by atoms with van der Waals surface area (Å²) < 4.78 is 5.13. The Hall–Kier alpha value is -7.20. The predicted octanol–water partition coefficient (Wildman–Crippen LogP) is 16.9. The van der Waals surface area contributed by atoms with Gasteiger partial charge in [0.05, 0.1) is 11.0 Å². The zero-order valence-corrected chi connectivity index (χ0v) is 36.6. The van der Waals surface area contributed by atoms with Crippen LogP contribution in [0.2, 0.25) is 0 Å². The van der Waals surface area contributed by atoms with Gasteiger partial charge in [-0.3, -0.25) is 0 Å². The number of para-hydroxylation sites is 1. The van der Waals surface area contributed by atoms with Crippen molar-refractivity contribution >= 4 is 70.4 Å². The summed E-state index contributed by atoms with van der Waals surface area (Å²) in [7, 11) is 0. The molecule has 0 fully saturated rings. The van der Waals surface area contributed by atoms with E-state index in [4.69, 9.17) is 0 Å². The van der Waals surface area contributed by atoms with Gasteiger partial charge < -0.3 is 9.47 Å². The molecule has 2 heterocycles. The maximum Gasteiger partial charge on any atom is 0.0555 e. The van der Waals surface area contributed by atoms with Crippen LogP contribution in [0, 0.1) is 0 Å². The van der Waals surface area contributed by atoms with E-state index in [0.717, 1.165) is 17.1 Å². The molecule has 0 bridgehead atoms. The molecule has 2 aromatic heterocycles. The largest absolute Gasteiger partial charge is 0.310 e. The molecule has 0 saturated heterocycles. The average Bonchev–Trinajstić information content (AvgIpc) is 4.00. The summed E-state index contributed by atoms with van der Waals surface area (Å²) >= 11 is 1.90. The van der Waals surface area contributed by atoms with Crippen LogP contribution >= 0.6 is 11.3 Å². The second-order valence-corrected chi connectivity index (χ2v) is 19.6. The van der Waals surface area contributed by atoms with Crippen LogP contribution < -0.4 is 4.90 Å². The zero-order chi connectivity index (χ0) is 42.2. The van der Waals surface area contributed by atoms with E-state index in [1.807, 2.05) is 11.3 Å². The quantitative estimate of drug-likeness (QED) is 0.168. The number of hydrogen-bond acceptors (Lipinski definition) is 2. The molecule has 2 aliphatic rings. The molecule has 2 nitrogen and oxygen atoms in total. The molecule has 0 spiro atoms. The molecule has 2 aliphatic carbocycles. The molecule has 0 radical (unpaired) electrons. The van der Waals surface area contributed by atoms with E-state index in [2.05, 4.69) is 231 Å². The van der Waals surface area contributed by atoms with E-state index in [1.54, 1.807) is 0 Å². The number of benzene rings is 9. The molecule has 0 aliphatic heterocycles. The van der Waals surface area contributed by atoms with E-state index < -0.39 is 0 Å². The van der Waals surface area contributed by atoms with Gasteiger partial charge in [0.2, 0.25) is 0 Å². The second-order valence-electron chi connectivity index (χ2n) is 18.5. The molecular weight excluding hydrogens is 781 g/mol. The van der Waals surface area contributed by atoms with E-state index >= 15 is 0 Å². The summed E-state index contributed by atoms with van der Waals surface area (Å²) in [6.07, 6.45) is 0. The van der Waals surface area contributed by atoms with E-state index in [9.17, 15) is 0 Å². The Bertz CT molecular complexity index is 3570. The number of rotatable bonds is 5. The fraction of sp³-hybridized carbons (Fsp3) is 0.100. The number of anilines is 3. The van der Waals surface area contributed by atoms with Crippen LogP contribution in [0.25, 0.3) is 81.0 Å². The monoisotopic (exact) mass is 824 g/mol. The molecule has 300 valence electrons. The fourth-order valence-electron chi connectivity index (χ4n) is 11.2. The van der Waals surface area contributed by atoms with Crippen molar-refractivity contribution in [2.45, 2.75) is 38.5 Å². The maximum atomic E-state index is 2.47. The van der Waals surface area contributed by atoms with Crippen LogP contribution in [-0.2, 0) is 10.8 Å². The SMILES string of the molecule is CC1(C)c2ccccc2-c2ccc(N(c3ccc(-c4ccc5c6c7sc8ccccc8c7ccc6n(-c6ccccc6)c5c4)cc3)c3ccc4c(c3)C(C)(C)c3ccccc3-4)cc21. The Balaban J connectivity index is 0.964. The van der Waals surface area contributed by atoms with Crippen molar-refractivity contribution in [3.63, 3.8) is 0 Å². The van der Waals surface area contributed by atoms with Crippen molar-refractivity contribution in [3.05, 3.63) is 216 Å². The minimum Gasteiger partial charge on any atom is -0.310 e. The van der Waals surface area contributed by atoms with Gasteiger partial charge in [-0.2, -0.15) is 0 Å². The summed E-state index contributed by atoms with van der Waals surface area (Å²) in [6.45, 7) is 9.48. The fourth-order valence-corrected chi connectivity index (χ4v) is 12.5. The molecule has 11 aromatic rings. The van der Waals surface area contributed by atoms with Crippen molar-refractivity contribution in [1.82, 2.24) is 4.57 Å². The van der Waals surface area contributed by atoms with Gasteiger partial charge in [0.1, 0.15) is 0 Å². The van der Waals surface area contributed by atoms with Crippen LogP contribution in [0.3, 0.4) is 0 Å². The van der Waals surface area contributed by atoms with Crippen LogP contribution in [0.4, 0.5) is 17.1 Å². The Labute approximate surface area is 371 Å². The number of nitrogens with zero attached hydrogens (tertiary/aromatic N) is 2. The Morgan fingerprint density at radius 2 is 0.937 bits per heavy atom. The molecular formula is C60H44N2S. The lowest BCUT2D eigenvalue weighted by Crippen LogP contribution is -2.18. The molecule has 0 unspecified atom stereocenters. The molecule has 3 heteroatoms. The van der Waals surface area contributed by atoms with Gasteiger partial charge >= 0.3 is 0 Å². The van der Waals surface area contributed by atoms with Crippen LogP contribution in [0.1, 0.15) is 49.9 Å². The summed E-state index contributed by atoms with van der Waals surface area (Å²) in [5, 5.41) is 5.26. The highest BCUT2D eigenvalue weighted by Crippen LogP contribution is 2.53. The summed E-state index contributed by atoms with van der Waals surface area (Å²) in [5.74, 6) is 0. The first-order valence-corrected chi connectivity index (χ1v) is 22.9. The maximum absolute atomic E-state index is 2.47. The number of aromatic nitrogens is 1.